The highest BCUT2D eigenvalue weighted by atomic mass is 32.3. The Morgan fingerprint density at radius 3 is 1.16 bits per heavy atom. The molecule has 0 N–H and O–H groups in total. The summed E-state index contributed by atoms with van der Waals surface area (Å²) < 4.78 is 72.9. The third-order valence-electron chi connectivity index (χ3n) is 7.19. The Balaban J connectivity index is 1.20. The molecule has 2 saturated heterocycles. The summed E-state index contributed by atoms with van der Waals surface area (Å²) in [4.78, 5) is 0. The van der Waals surface area contributed by atoms with E-state index >= 15 is 0 Å². The fraction of sp³-hybridized carbons (Fsp3) is 1.00. The summed E-state index contributed by atoms with van der Waals surface area (Å²) in [5.74, 6) is 0.628. The van der Waals surface area contributed by atoms with E-state index < -0.39 is 24.8 Å². The summed E-state index contributed by atoms with van der Waals surface area (Å²) in [7, 11) is -7.28. The zero-order valence-electron chi connectivity index (χ0n) is 18.2. The molecule has 0 aromatic rings. The van der Waals surface area contributed by atoms with Gasteiger partial charge in [-0.25, -0.2) is 16.8 Å². The van der Waals surface area contributed by atoms with Gasteiger partial charge in [0.05, 0.1) is 37.9 Å². The van der Waals surface area contributed by atoms with Gasteiger partial charge in [-0.15, -0.1) is 0 Å². The average Bonchev–Trinajstić information content (AvgIpc) is 3.42. The van der Waals surface area contributed by atoms with E-state index in [0.29, 0.717) is 38.3 Å². The maximum Gasteiger partial charge on any atom is 0.164 e. The van der Waals surface area contributed by atoms with Crippen LogP contribution in [0.1, 0.15) is 51.4 Å². The quantitative estimate of drug-likeness (QED) is 0.520. The van der Waals surface area contributed by atoms with Gasteiger partial charge in [0, 0.05) is 11.8 Å². The summed E-state index contributed by atoms with van der Waals surface area (Å²) in [5.41, 5.74) is 0. The molecule has 2 saturated carbocycles. The normalized spacial score (nSPS) is 34.3. The summed E-state index contributed by atoms with van der Waals surface area (Å²) >= 11 is 0. The van der Waals surface area contributed by atoms with E-state index in [9.17, 15) is 16.8 Å². The lowest BCUT2D eigenvalue weighted by molar-refractivity contribution is -0.0946. The number of hydrogen-bond acceptors (Lipinski definition) is 8. The Hall–Kier alpha value is -0.260. The molecule has 4 fully saturated rings. The maximum atomic E-state index is 12.7. The average molecular weight is 481 g/mol. The van der Waals surface area contributed by atoms with Gasteiger partial charge >= 0.3 is 0 Å². The molecule has 31 heavy (non-hydrogen) atoms. The van der Waals surface area contributed by atoms with E-state index in [0.717, 1.165) is 51.4 Å². The van der Waals surface area contributed by atoms with E-state index in [1.165, 1.54) is 0 Å². The van der Waals surface area contributed by atoms with E-state index in [2.05, 4.69) is 0 Å². The van der Waals surface area contributed by atoms with E-state index in [4.69, 9.17) is 18.9 Å². The molecule has 2 heterocycles. The Labute approximate surface area is 186 Å². The van der Waals surface area contributed by atoms with E-state index in [-0.39, 0.29) is 35.9 Å². The zero-order valence-corrected chi connectivity index (χ0v) is 19.8. The van der Waals surface area contributed by atoms with Gasteiger partial charge in [-0.2, -0.15) is 0 Å². The second-order valence-electron chi connectivity index (χ2n) is 9.72. The molecule has 180 valence electrons. The fourth-order valence-corrected chi connectivity index (χ4v) is 10.7. The predicted octanol–water partition coefficient (Wildman–Crippen LogP) is 2.13. The van der Waals surface area contributed by atoms with Gasteiger partial charge in [0.25, 0.3) is 0 Å². The third-order valence-corrected chi connectivity index (χ3v) is 12.0. The molecule has 2 aliphatic heterocycles. The van der Waals surface area contributed by atoms with Crippen LogP contribution >= 0.6 is 0 Å². The smallest absolute Gasteiger partial charge is 0.164 e. The lowest BCUT2D eigenvalue weighted by atomic mass is 9.82. The van der Waals surface area contributed by atoms with Gasteiger partial charge in [-0.05, 0) is 63.2 Å². The van der Waals surface area contributed by atoms with Crippen molar-refractivity contribution < 1.29 is 35.8 Å². The Morgan fingerprint density at radius 1 is 0.516 bits per heavy atom. The highest BCUT2D eigenvalue weighted by molar-refractivity contribution is 8.08. The highest BCUT2D eigenvalue weighted by Gasteiger charge is 2.36. The van der Waals surface area contributed by atoms with Crippen LogP contribution in [-0.4, -0.2) is 72.4 Å². The van der Waals surface area contributed by atoms with Crippen LogP contribution in [0.4, 0.5) is 0 Å². The Kier molecular flexibility index (Phi) is 7.97. The Bertz CT molecular complexity index is 702. The van der Waals surface area contributed by atoms with Crippen molar-refractivity contribution in [3.05, 3.63) is 0 Å². The largest absolute Gasteiger partial charge is 0.350 e. The molecule has 8 nitrogen and oxygen atoms in total. The SMILES string of the molecule is O=S(=O)(CC1CCC(C2OCCO2)CC1)CS(=O)(=O)CC1CCC(C2OCCO2)CC1. The van der Waals surface area contributed by atoms with Crippen LogP contribution in [-0.2, 0) is 38.6 Å². The van der Waals surface area contributed by atoms with E-state index in [1.54, 1.807) is 0 Å². The minimum Gasteiger partial charge on any atom is -0.350 e. The zero-order chi connectivity index (χ0) is 21.9. The summed E-state index contributed by atoms with van der Waals surface area (Å²) in [6.07, 6.45) is 6.30. The van der Waals surface area contributed by atoms with Crippen LogP contribution < -0.4 is 0 Å². The van der Waals surface area contributed by atoms with Gasteiger partial charge in [-0.3, -0.25) is 0 Å². The van der Waals surface area contributed by atoms with Gasteiger partial charge in [-0.1, -0.05) is 0 Å². The first-order valence-electron chi connectivity index (χ1n) is 11.7. The molecule has 4 rings (SSSR count). The maximum absolute atomic E-state index is 12.7. The van der Waals surface area contributed by atoms with Crippen molar-refractivity contribution in [2.24, 2.45) is 23.7 Å². The van der Waals surface area contributed by atoms with Crippen LogP contribution in [0.25, 0.3) is 0 Å². The number of sulfone groups is 2. The van der Waals surface area contributed by atoms with E-state index in [1.807, 2.05) is 0 Å². The molecule has 0 aromatic heterocycles. The molecule has 10 heteroatoms. The number of ether oxygens (including phenoxy) is 4. The molecule has 0 aromatic carbocycles. The summed E-state index contributed by atoms with van der Waals surface area (Å²) in [5, 5.41) is -0.719. The number of hydrogen-bond donors (Lipinski definition) is 0. The van der Waals surface area contributed by atoms with Crippen molar-refractivity contribution in [3.63, 3.8) is 0 Å². The third kappa shape index (κ3) is 6.86. The second-order valence-corrected chi connectivity index (χ2v) is 14.3. The minimum absolute atomic E-state index is 0.0275. The predicted molar refractivity (Wildman–Crippen MR) is 115 cm³/mol. The molecular weight excluding hydrogens is 444 g/mol. The van der Waals surface area contributed by atoms with Crippen molar-refractivity contribution in [2.75, 3.05) is 43.0 Å². The van der Waals surface area contributed by atoms with Crippen LogP contribution in [0.15, 0.2) is 0 Å². The first kappa shape index (κ1) is 23.9. The van der Waals surface area contributed by atoms with Crippen molar-refractivity contribution >= 4 is 19.7 Å². The van der Waals surface area contributed by atoms with Crippen molar-refractivity contribution in [1.29, 1.82) is 0 Å². The topological polar surface area (TPSA) is 105 Å². The molecule has 0 atom stereocenters. The molecular formula is C21H36O8S2. The van der Waals surface area contributed by atoms with Gasteiger partial charge < -0.3 is 18.9 Å². The molecule has 0 radical (unpaired) electrons. The first-order chi connectivity index (χ1) is 14.8. The second kappa shape index (κ2) is 10.3. The summed E-state index contributed by atoms with van der Waals surface area (Å²) in [6, 6.07) is 0. The van der Waals surface area contributed by atoms with Gasteiger partial charge in [0.1, 0.15) is 0 Å². The lowest BCUT2D eigenvalue weighted by Crippen LogP contribution is -2.33. The van der Waals surface area contributed by atoms with Crippen molar-refractivity contribution in [2.45, 2.75) is 63.9 Å². The highest BCUT2D eigenvalue weighted by Crippen LogP contribution is 2.36. The van der Waals surface area contributed by atoms with Crippen molar-refractivity contribution in [1.82, 2.24) is 0 Å². The molecule has 0 unspecified atom stereocenters. The van der Waals surface area contributed by atoms with Crippen LogP contribution in [0.5, 0.6) is 0 Å². The van der Waals surface area contributed by atoms with Crippen LogP contribution in [0.2, 0.25) is 0 Å². The standard InChI is InChI=1S/C21H36O8S2/c22-30(23,13-16-1-5-18(6-2-16)20-26-9-10-27-20)15-31(24,25)14-17-3-7-19(8-4-17)21-28-11-12-29-21/h16-21H,1-15H2. The Morgan fingerprint density at radius 2 is 0.839 bits per heavy atom. The lowest BCUT2D eigenvalue weighted by Gasteiger charge is -2.31. The van der Waals surface area contributed by atoms with Crippen molar-refractivity contribution in [3.8, 4) is 0 Å². The minimum atomic E-state index is -3.64. The number of rotatable bonds is 8. The molecule has 4 aliphatic rings. The molecule has 2 aliphatic carbocycles. The van der Waals surface area contributed by atoms with Gasteiger partial charge in [0.15, 0.2) is 37.3 Å². The molecule has 0 spiro atoms. The first-order valence-corrected chi connectivity index (χ1v) is 15.3. The fourth-order valence-electron chi connectivity index (χ4n) is 5.64. The summed E-state index contributed by atoms with van der Waals surface area (Å²) in [6.45, 7) is 2.50. The van der Waals surface area contributed by atoms with Crippen LogP contribution in [0.3, 0.4) is 0 Å². The van der Waals surface area contributed by atoms with Crippen LogP contribution in [0, 0.1) is 23.7 Å². The molecule has 0 bridgehead atoms. The van der Waals surface area contributed by atoms with Gasteiger partial charge in [0.2, 0.25) is 0 Å². The molecule has 0 amide bonds. The monoisotopic (exact) mass is 480 g/mol.